The number of hydrogen-bond acceptors (Lipinski definition) is 8. The summed E-state index contributed by atoms with van der Waals surface area (Å²) in [6.07, 6.45) is 3.27. The predicted octanol–water partition coefficient (Wildman–Crippen LogP) is 2.93. The van der Waals surface area contributed by atoms with Crippen molar-refractivity contribution in [1.29, 1.82) is 0 Å². The molecule has 33 heavy (non-hydrogen) atoms. The van der Waals surface area contributed by atoms with Crippen molar-refractivity contribution in [2.24, 2.45) is 0 Å². The Labute approximate surface area is 194 Å². The lowest BCUT2D eigenvalue weighted by Crippen LogP contribution is -2.27. The molecule has 0 aromatic carbocycles. The number of methoxy groups -OCH3 is 2. The molecule has 1 amide bonds. The molecule has 0 spiro atoms. The number of nitrogens with two attached hydrogens (primary N) is 1. The molecule has 3 aromatic rings. The second kappa shape index (κ2) is 8.55. The van der Waals surface area contributed by atoms with Crippen LogP contribution in [-0.4, -0.2) is 46.0 Å². The van der Waals surface area contributed by atoms with Crippen molar-refractivity contribution in [2.75, 3.05) is 24.9 Å². The Morgan fingerprint density at radius 2 is 2.03 bits per heavy atom. The Morgan fingerprint density at radius 3 is 2.73 bits per heavy atom. The summed E-state index contributed by atoms with van der Waals surface area (Å²) in [6, 6.07) is 3.21. The van der Waals surface area contributed by atoms with Crippen molar-refractivity contribution in [3.8, 4) is 5.75 Å². The van der Waals surface area contributed by atoms with Gasteiger partial charge in [0.25, 0.3) is 5.91 Å². The van der Waals surface area contributed by atoms with Crippen LogP contribution < -0.4 is 15.4 Å². The number of nitrogen functional groups attached to an aromatic ring is 1. The molecule has 0 fully saturated rings. The van der Waals surface area contributed by atoms with Crippen molar-refractivity contribution >= 4 is 46.9 Å². The van der Waals surface area contributed by atoms with E-state index in [2.05, 4.69) is 19.9 Å². The number of pyridine rings is 1. The second-order valence-corrected chi connectivity index (χ2v) is 7.74. The van der Waals surface area contributed by atoms with Crippen LogP contribution >= 0.6 is 11.6 Å². The number of ether oxygens (including phenoxy) is 2. The maximum Gasteiger partial charge on any atom is 0.354 e. The summed E-state index contributed by atoms with van der Waals surface area (Å²) in [6.45, 7) is 3.89. The molecule has 170 valence electrons. The Balaban J connectivity index is 1.80. The Morgan fingerprint density at radius 1 is 1.27 bits per heavy atom. The summed E-state index contributed by atoms with van der Waals surface area (Å²) in [7, 11) is 2.87. The number of H-pyrrole nitrogens is 1. The number of rotatable bonds is 5. The van der Waals surface area contributed by atoms with Gasteiger partial charge in [-0.2, -0.15) is 4.98 Å². The van der Waals surface area contributed by atoms with E-state index in [0.717, 1.165) is 11.1 Å². The Hall–Kier alpha value is -3.92. The van der Waals surface area contributed by atoms with Crippen LogP contribution in [0.5, 0.6) is 5.75 Å². The third-order valence-corrected chi connectivity index (χ3v) is 5.61. The van der Waals surface area contributed by atoms with Crippen molar-refractivity contribution < 1.29 is 19.1 Å². The van der Waals surface area contributed by atoms with Crippen molar-refractivity contribution in [3.05, 3.63) is 57.3 Å². The molecule has 1 aliphatic rings. The summed E-state index contributed by atoms with van der Waals surface area (Å²) in [5, 5.41) is 0.0468. The second-order valence-electron chi connectivity index (χ2n) is 7.39. The fourth-order valence-corrected chi connectivity index (χ4v) is 4.03. The van der Waals surface area contributed by atoms with Crippen LogP contribution in [0.25, 0.3) is 11.6 Å². The van der Waals surface area contributed by atoms with Crippen molar-refractivity contribution in [1.82, 2.24) is 19.9 Å². The van der Waals surface area contributed by atoms with Crippen molar-refractivity contribution in [3.63, 3.8) is 0 Å². The van der Waals surface area contributed by atoms with E-state index in [9.17, 15) is 9.59 Å². The average molecular weight is 469 g/mol. The first-order valence-electron chi connectivity index (χ1n) is 9.88. The van der Waals surface area contributed by atoms with Gasteiger partial charge in [-0.1, -0.05) is 11.6 Å². The van der Waals surface area contributed by atoms with Gasteiger partial charge in [0, 0.05) is 23.0 Å². The molecule has 3 aromatic heterocycles. The first kappa shape index (κ1) is 22.3. The van der Waals surface area contributed by atoms with E-state index in [4.69, 9.17) is 26.8 Å². The highest BCUT2D eigenvalue weighted by Crippen LogP contribution is 2.41. The molecule has 0 saturated heterocycles. The number of halogens is 1. The number of hydrogen-bond donors (Lipinski definition) is 2. The first-order valence-corrected chi connectivity index (χ1v) is 10.3. The average Bonchev–Trinajstić information content (AvgIpc) is 3.34. The van der Waals surface area contributed by atoms with Gasteiger partial charge in [0.1, 0.15) is 16.6 Å². The summed E-state index contributed by atoms with van der Waals surface area (Å²) < 4.78 is 10.2. The maximum atomic E-state index is 13.5. The molecule has 4 heterocycles. The highest BCUT2D eigenvalue weighted by atomic mass is 35.5. The summed E-state index contributed by atoms with van der Waals surface area (Å²) in [4.78, 5) is 42.4. The van der Waals surface area contributed by atoms with Gasteiger partial charge in [-0.05, 0) is 32.1 Å². The number of aryl methyl sites for hydroxylation is 1. The van der Waals surface area contributed by atoms with E-state index in [0.29, 0.717) is 22.7 Å². The molecule has 3 N–H and O–H groups in total. The van der Waals surface area contributed by atoms with Gasteiger partial charge in [-0.15, -0.1) is 0 Å². The summed E-state index contributed by atoms with van der Waals surface area (Å²) >= 11 is 6.38. The maximum absolute atomic E-state index is 13.5. The largest absolute Gasteiger partial charge is 0.496 e. The van der Waals surface area contributed by atoms with Gasteiger partial charge in [0.05, 0.1) is 37.6 Å². The minimum atomic E-state index is -0.525. The minimum Gasteiger partial charge on any atom is -0.496 e. The predicted molar refractivity (Wildman–Crippen MR) is 123 cm³/mol. The Kier molecular flexibility index (Phi) is 5.77. The summed E-state index contributed by atoms with van der Waals surface area (Å²) in [5.74, 6) is 0.0378. The van der Waals surface area contributed by atoms with Gasteiger partial charge in [-0.25, -0.2) is 9.78 Å². The summed E-state index contributed by atoms with van der Waals surface area (Å²) in [5.41, 5.74) is 9.51. The number of amides is 1. The molecule has 0 saturated carbocycles. The fourth-order valence-electron chi connectivity index (χ4n) is 3.76. The number of aromatic amines is 1. The molecule has 4 rings (SSSR count). The number of carbonyl (C=O) groups excluding carboxylic acids is 2. The van der Waals surface area contributed by atoms with Gasteiger partial charge in [0.2, 0.25) is 5.95 Å². The van der Waals surface area contributed by atoms with E-state index < -0.39 is 5.97 Å². The van der Waals surface area contributed by atoms with Crippen LogP contribution in [0.4, 0.5) is 11.8 Å². The fraction of sp³-hybridized carbons (Fsp3) is 0.227. The highest BCUT2D eigenvalue weighted by molar-refractivity contribution is 6.41. The number of aromatic nitrogens is 4. The number of fused-ring (bicyclic) bond motifs is 1. The minimum absolute atomic E-state index is 0.0468. The number of nitrogens with one attached hydrogen (secondary N) is 1. The molecule has 11 heteroatoms. The Bertz CT molecular complexity index is 1320. The SMILES string of the molecule is COC(=O)c1ccc(/C=C2\C(=O)N(Cc3ncc(C)c(OC)c3C)c3nc(N)nc(Cl)c32)[nH]1. The standard InChI is InChI=1S/C22H21ClN6O4/c1-10-8-25-15(11(2)17(10)32-3)9-29-19-16(18(23)27-22(24)28-19)13(20(29)30)7-12-5-6-14(26-12)21(31)33-4/h5-8,26H,9H2,1-4H3,(H2,24,27,28)/b13-7-. The van der Waals surface area contributed by atoms with Gasteiger partial charge in [-0.3, -0.25) is 14.7 Å². The molecule has 10 nitrogen and oxygen atoms in total. The third-order valence-electron chi connectivity index (χ3n) is 5.34. The van der Waals surface area contributed by atoms with E-state index in [1.54, 1.807) is 31.5 Å². The molecule has 1 aliphatic heterocycles. The number of esters is 1. The zero-order valence-corrected chi connectivity index (χ0v) is 19.1. The lowest BCUT2D eigenvalue weighted by Gasteiger charge is -2.19. The van der Waals surface area contributed by atoms with E-state index >= 15 is 0 Å². The van der Waals surface area contributed by atoms with Gasteiger partial charge in [0.15, 0.2) is 5.82 Å². The normalized spacial score (nSPS) is 14.0. The number of carbonyl (C=O) groups is 2. The van der Waals surface area contributed by atoms with Gasteiger partial charge < -0.3 is 20.2 Å². The highest BCUT2D eigenvalue weighted by Gasteiger charge is 2.37. The van der Waals surface area contributed by atoms with E-state index in [-0.39, 0.29) is 40.6 Å². The molecule has 0 aliphatic carbocycles. The molecular formula is C22H21ClN6O4. The van der Waals surface area contributed by atoms with Crippen LogP contribution in [0.1, 0.15) is 38.6 Å². The molecule has 0 unspecified atom stereocenters. The van der Waals surface area contributed by atoms with E-state index in [1.165, 1.54) is 12.0 Å². The smallest absolute Gasteiger partial charge is 0.354 e. The first-order chi connectivity index (χ1) is 15.7. The van der Waals surface area contributed by atoms with Crippen LogP contribution in [0.3, 0.4) is 0 Å². The lowest BCUT2D eigenvalue weighted by molar-refractivity contribution is -0.113. The number of anilines is 2. The quantitative estimate of drug-likeness (QED) is 0.331. The lowest BCUT2D eigenvalue weighted by atomic mass is 10.1. The molecule has 0 bridgehead atoms. The van der Waals surface area contributed by atoms with Crippen LogP contribution in [0, 0.1) is 13.8 Å². The molecule has 0 radical (unpaired) electrons. The zero-order valence-electron chi connectivity index (χ0n) is 18.4. The van der Waals surface area contributed by atoms with Crippen LogP contribution in [0.2, 0.25) is 5.15 Å². The zero-order chi connectivity index (χ0) is 23.9. The molecule has 0 atom stereocenters. The van der Waals surface area contributed by atoms with Gasteiger partial charge >= 0.3 is 5.97 Å². The van der Waals surface area contributed by atoms with Crippen LogP contribution in [-0.2, 0) is 16.1 Å². The topological polar surface area (TPSA) is 136 Å². The van der Waals surface area contributed by atoms with E-state index in [1.807, 2.05) is 13.8 Å². The number of nitrogens with zero attached hydrogens (tertiary/aromatic N) is 4. The monoisotopic (exact) mass is 468 g/mol. The molecular weight excluding hydrogens is 448 g/mol. The van der Waals surface area contributed by atoms with Crippen molar-refractivity contribution in [2.45, 2.75) is 20.4 Å². The van der Waals surface area contributed by atoms with Crippen LogP contribution in [0.15, 0.2) is 18.3 Å². The third kappa shape index (κ3) is 3.89.